The van der Waals surface area contributed by atoms with Crippen LogP contribution in [0.25, 0.3) is 0 Å². The fourth-order valence-electron chi connectivity index (χ4n) is 5.31. The highest BCUT2D eigenvalue weighted by molar-refractivity contribution is 6.38. The number of unbranched alkanes of at least 4 members (excludes halogenated alkanes) is 1. The van der Waals surface area contributed by atoms with Gasteiger partial charge in [-0.25, -0.2) is 0 Å². The van der Waals surface area contributed by atoms with Crippen LogP contribution < -0.4 is 20.7 Å². The molecular formula is C35H54N4O7. The van der Waals surface area contributed by atoms with Crippen molar-refractivity contribution >= 4 is 29.4 Å². The summed E-state index contributed by atoms with van der Waals surface area (Å²) in [6.45, 7) is 8.15. The molecule has 1 heterocycles. The molecular weight excluding hydrogens is 588 g/mol. The van der Waals surface area contributed by atoms with Gasteiger partial charge in [0.05, 0.1) is 31.7 Å². The van der Waals surface area contributed by atoms with Crippen molar-refractivity contribution in [3.8, 4) is 5.75 Å². The number of carbonyl (C=O) groups excluding carboxylic acids is 5. The van der Waals surface area contributed by atoms with E-state index in [-0.39, 0.29) is 37.4 Å². The van der Waals surface area contributed by atoms with E-state index in [4.69, 9.17) is 9.47 Å². The molecule has 2 aliphatic rings. The molecule has 2 fully saturated rings. The van der Waals surface area contributed by atoms with Crippen molar-refractivity contribution in [1.29, 1.82) is 0 Å². The minimum absolute atomic E-state index is 0.0675. The van der Waals surface area contributed by atoms with Crippen LogP contribution >= 0.6 is 0 Å². The van der Waals surface area contributed by atoms with Crippen molar-refractivity contribution in [2.24, 2.45) is 0 Å². The lowest BCUT2D eigenvalue weighted by atomic mass is 10.0. The molecule has 3 unspecified atom stereocenters. The van der Waals surface area contributed by atoms with E-state index in [9.17, 15) is 24.0 Å². The van der Waals surface area contributed by atoms with Crippen LogP contribution in [0.3, 0.4) is 0 Å². The van der Waals surface area contributed by atoms with Crippen LogP contribution in [0.4, 0.5) is 0 Å². The van der Waals surface area contributed by atoms with Gasteiger partial charge in [-0.05, 0) is 43.9 Å². The first-order chi connectivity index (χ1) is 22.2. The summed E-state index contributed by atoms with van der Waals surface area (Å²) in [7, 11) is 1.65. The maximum absolute atomic E-state index is 13.1. The molecule has 256 valence electrons. The fourth-order valence-corrected chi connectivity index (χ4v) is 5.31. The lowest BCUT2D eigenvalue weighted by Gasteiger charge is -2.26. The van der Waals surface area contributed by atoms with Crippen LogP contribution in [-0.4, -0.2) is 85.9 Å². The van der Waals surface area contributed by atoms with Gasteiger partial charge < -0.3 is 30.3 Å². The Kier molecular flexibility index (Phi) is 18.3. The number of methoxy groups -OCH3 is 1. The zero-order chi connectivity index (χ0) is 33.7. The summed E-state index contributed by atoms with van der Waals surface area (Å²) in [5, 5.41) is 7.77. The number of nitrogens with zero attached hydrogens (tertiary/aromatic N) is 1. The van der Waals surface area contributed by atoms with Crippen molar-refractivity contribution in [1.82, 2.24) is 20.9 Å². The molecule has 1 aliphatic carbocycles. The van der Waals surface area contributed by atoms with Gasteiger partial charge in [0.2, 0.25) is 23.5 Å². The number of nitrogens with one attached hydrogen (secondary N) is 3. The zero-order valence-electron chi connectivity index (χ0n) is 27.9. The summed E-state index contributed by atoms with van der Waals surface area (Å²) in [6, 6.07) is 5.45. The molecule has 1 aromatic carbocycles. The SMILES string of the molecule is C1CCCC1.C=CCNC(=O)C(=O)C(CCCC)NC(=O)C1CCCN1C(=O)CNC(=O)Cc1cccc(OCCC(C)OC)c1. The van der Waals surface area contributed by atoms with E-state index in [0.29, 0.717) is 44.6 Å². The van der Waals surface area contributed by atoms with Gasteiger partial charge in [-0.1, -0.05) is 70.1 Å². The van der Waals surface area contributed by atoms with Gasteiger partial charge in [0.25, 0.3) is 5.91 Å². The number of likely N-dealkylation sites (tertiary alicyclic amines) is 1. The molecule has 0 bridgehead atoms. The number of hydrogen-bond donors (Lipinski definition) is 3. The molecule has 3 atom stereocenters. The van der Waals surface area contributed by atoms with E-state index < -0.39 is 29.7 Å². The van der Waals surface area contributed by atoms with E-state index in [1.54, 1.807) is 25.3 Å². The van der Waals surface area contributed by atoms with Crippen LogP contribution in [0, 0.1) is 0 Å². The topological polar surface area (TPSA) is 143 Å². The number of ketones is 1. The Balaban J connectivity index is 0.00000134. The predicted molar refractivity (Wildman–Crippen MR) is 177 cm³/mol. The Bertz CT molecular complexity index is 1130. The van der Waals surface area contributed by atoms with E-state index in [1.807, 2.05) is 19.9 Å². The van der Waals surface area contributed by atoms with E-state index >= 15 is 0 Å². The van der Waals surface area contributed by atoms with Crippen molar-refractivity contribution in [3.05, 3.63) is 42.5 Å². The third-order valence-corrected chi connectivity index (χ3v) is 8.13. The molecule has 3 N–H and O–H groups in total. The molecule has 1 saturated heterocycles. The summed E-state index contributed by atoms with van der Waals surface area (Å²) < 4.78 is 10.9. The monoisotopic (exact) mass is 642 g/mol. The molecule has 1 saturated carbocycles. The number of amides is 4. The third-order valence-electron chi connectivity index (χ3n) is 8.13. The minimum atomic E-state index is -0.979. The third kappa shape index (κ3) is 14.1. The van der Waals surface area contributed by atoms with Gasteiger partial charge in [0.15, 0.2) is 0 Å². The van der Waals surface area contributed by atoms with Gasteiger partial charge in [0.1, 0.15) is 11.8 Å². The van der Waals surface area contributed by atoms with Crippen molar-refractivity contribution in [3.63, 3.8) is 0 Å². The Morgan fingerprint density at radius 1 is 1.04 bits per heavy atom. The molecule has 4 amide bonds. The smallest absolute Gasteiger partial charge is 0.289 e. The number of ether oxygens (including phenoxy) is 2. The van der Waals surface area contributed by atoms with Gasteiger partial charge in [-0.15, -0.1) is 6.58 Å². The molecule has 0 radical (unpaired) electrons. The van der Waals surface area contributed by atoms with E-state index in [2.05, 4.69) is 22.5 Å². The number of carbonyl (C=O) groups is 5. The molecule has 11 heteroatoms. The van der Waals surface area contributed by atoms with Gasteiger partial charge in [-0.3, -0.25) is 24.0 Å². The molecule has 3 rings (SSSR count). The molecule has 11 nitrogen and oxygen atoms in total. The van der Waals surface area contributed by atoms with Crippen LogP contribution in [-0.2, 0) is 35.1 Å². The minimum Gasteiger partial charge on any atom is -0.493 e. The first-order valence-electron chi connectivity index (χ1n) is 16.7. The summed E-state index contributed by atoms with van der Waals surface area (Å²) in [6.07, 6.45) is 12.6. The van der Waals surface area contributed by atoms with Gasteiger partial charge in [-0.2, -0.15) is 0 Å². The van der Waals surface area contributed by atoms with Crippen LogP contribution in [0.15, 0.2) is 36.9 Å². The molecule has 0 aromatic heterocycles. The van der Waals surface area contributed by atoms with Crippen LogP contribution in [0.5, 0.6) is 5.75 Å². The highest BCUT2D eigenvalue weighted by Gasteiger charge is 2.36. The highest BCUT2D eigenvalue weighted by Crippen LogP contribution is 2.19. The quantitative estimate of drug-likeness (QED) is 0.164. The maximum atomic E-state index is 13.1. The number of Topliss-reactive ketones (excluding diaryl/α,β-unsaturated/α-hetero) is 1. The number of hydrogen-bond acceptors (Lipinski definition) is 7. The average molecular weight is 643 g/mol. The van der Waals surface area contributed by atoms with Crippen molar-refractivity contribution < 1.29 is 33.4 Å². The second kappa shape index (κ2) is 21.9. The Morgan fingerprint density at radius 3 is 2.41 bits per heavy atom. The fraction of sp³-hybridized carbons (Fsp3) is 0.629. The summed E-state index contributed by atoms with van der Waals surface area (Å²) >= 11 is 0. The molecule has 1 aromatic rings. The van der Waals surface area contributed by atoms with Crippen molar-refractivity contribution in [2.75, 3.05) is 33.4 Å². The standard InChI is InChI=1S/C30H44N4O7.C5H10/c1-5-7-12-24(28(37)30(39)31-15-6-2)33-29(38)25-13-9-16-34(25)27(36)20-32-26(35)19-22-10-8-11-23(18-22)41-17-14-21(3)40-4;1-2-4-5-3-1/h6,8,10-11,18,21,24-25H,2,5,7,9,12-17,19-20H2,1,3-4H3,(H,31,39)(H,32,35)(H,33,38);1-5H2. The van der Waals surface area contributed by atoms with Crippen LogP contribution in [0.1, 0.15) is 90.0 Å². The largest absolute Gasteiger partial charge is 0.493 e. The lowest BCUT2D eigenvalue weighted by molar-refractivity contribution is -0.142. The lowest BCUT2D eigenvalue weighted by Crippen LogP contribution is -2.54. The molecule has 1 aliphatic heterocycles. The zero-order valence-corrected chi connectivity index (χ0v) is 27.9. The predicted octanol–water partition coefficient (Wildman–Crippen LogP) is 3.64. The summed E-state index contributed by atoms with van der Waals surface area (Å²) in [5.41, 5.74) is 0.741. The Hall–Kier alpha value is -3.73. The first-order valence-corrected chi connectivity index (χ1v) is 16.7. The highest BCUT2D eigenvalue weighted by atomic mass is 16.5. The average Bonchev–Trinajstić information content (AvgIpc) is 3.80. The second-order valence-electron chi connectivity index (χ2n) is 11.9. The van der Waals surface area contributed by atoms with E-state index in [0.717, 1.165) is 18.4 Å². The van der Waals surface area contributed by atoms with E-state index in [1.165, 1.54) is 43.1 Å². The van der Waals surface area contributed by atoms with Crippen molar-refractivity contribution in [2.45, 2.75) is 109 Å². The summed E-state index contributed by atoms with van der Waals surface area (Å²) in [4.78, 5) is 64.9. The number of benzene rings is 1. The molecule has 46 heavy (non-hydrogen) atoms. The first kappa shape index (κ1) is 38.5. The Morgan fingerprint density at radius 2 is 1.76 bits per heavy atom. The van der Waals surface area contributed by atoms with Crippen LogP contribution in [0.2, 0.25) is 0 Å². The normalized spacial score (nSPS) is 16.8. The molecule has 0 spiro atoms. The number of rotatable bonds is 18. The van der Waals surface area contributed by atoms with Gasteiger partial charge in [0, 0.05) is 26.6 Å². The summed E-state index contributed by atoms with van der Waals surface area (Å²) in [5.74, 6) is -2.07. The maximum Gasteiger partial charge on any atom is 0.289 e. The Labute approximate surface area is 274 Å². The second-order valence-corrected chi connectivity index (χ2v) is 11.9. The van der Waals surface area contributed by atoms with Gasteiger partial charge >= 0.3 is 0 Å².